The monoisotopic (exact) mass is 259 g/mol. The molecule has 1 aliphatic carbocycles. The van der Waals surface area contributed by atoms with Crippen molar-refractivity contribution in [2.45, 2.75) is 51.5 Å². The summed E-state index contributed by atoms with van der Waals surface area (Å²) in [6, 6.07) is 6.51. The lowest BCUT2D eigenvalue weighted by Crippen LogP contribution is -2.32. The van der Waals surface area contributed by atoms with Crippen molar-refractivity contribution in [3.63, 3.8) is 0 Å². The van der Waals surface area contributed by atoms with E-state index in [4.69, 9.17) is 0 Å². The van der Waals surface area contributed by atoms with Crippen LogP contribution < -0.4 is 0 Å². The molecule has 0 aromatic heterocycles. The molecule has 2 heteroatoms. The zero-order valence-electron chi connectivity index (χ0n) is 11.9. The maximum atomic E-state index is 9.78. The van der Waals surface area contributed by atoms with Gasteiger partial charge < -0.3 is 5.11 Å². The van der Waals surface area contributed by atoms with Gasteiger partial charge in [0.05, 0.1) is 0 Å². The van der Waals surface area contributed by atoms with Crippen LogP contribution in [0, 0.1) is 5.92 Å². The largest absolute Gasteiger partial charge is 0.508 e. The van der Waals surface area contributed by atoms with Crippen molar-refractivity contribution in [2.24, 2.45) is 5.92 Å². The number of hydrogen-bond donors (Lipinski definition) is 1. The summed E-state index contributed by atoms with van der Waals surface area (Å²) >= 11 is 0. The van der Waals surface area contributed by atoms with Gasteiger partial charge in [-0.05, 0) is 80.8 Å². The van der Waals surface area contributed by atoms with Crippen molar-refractivity contribution in [3.8, 4) is 5.75 Å². The highest BCUT2D eigenvalue weighted by Gasteiger charge is 2.27. The van der Waals surface area contributed by atoms with Gasteiger partial charge >= 0.3 is 0 Å². The maximum absolute atomic E-state index is 9.78. The van der Waals surface area contributed by atoms with E-state index in [1.165, 1.54) is 62.7 Å². The van der Waals surface area contributed by atoms with Crippen molar-refractivity contribution in [1.29, 1.82) is 0 Å². The number of rotatable bonds is 1. The minimum absolute atomic E-state index is 0.425. The van der Waals surface area contributed by atoms with Crippen LogP contribution in [0.3, 0.4) is 0 Å². The van der Waals surface area contributed by atoms with Gasteiger partial charge in [0, 0.05) is 6.04 Å². The van der Waals surface area contributed by atoms with Crippen molar-refractivity contribution in [3.05, 3.63) is 29.3 Å². The third-order valence-corrected chi connectivity index (χ3v) is 4.90. The number of hydrogen-bond acceptors (Lipinski definition) is 2. The molecule has 0 saturated carbocycles. The third kappa shape index (κ3) is 2.79. The highest BCUT2D eigenvalue weighted by molar-refractivity contribution is 5.38. The summed E-state index contributed by atoms with van der Waals surface area (Å²) in [5.41, 5.74) is 2.84. The van der Waals surface area contributed by atoms with Crippen LogP contribution in [0.1, 0.15) is 56.2 Å². The quantitative estimate of drug-likeness (QED) is 0.827. The Balaban J connectivity index is 1.84. The second-order valence-electron chi connectivity index (χ2n) is 6.36. The maximum Gasteiger partial charge on any atom is 0.115 e. The normalized spacial score (nSPS) is 28.7. The fourth-order valence-corrected chi connectivity index (χ4v) is 3.74. The summed E-state index contributed by atoms with van der Waals surface area (Å²) in [5.74, 6) is 1.30. The summed E-state index contributed by atoms with van der Waals surface area (Å²) in [5, 5.41) is 9.78. The Kier molecular flexibility index (Phi) is 3.79. The Morgan fingerprint density at radius 1 is 1.11 bits per heavy atom. The molecule has 2 unspecified atom stereocenters. The molecule has 0 amide bonds. The Morgan fingerprint density at radius 2 is 2.00 bits per heavy atom. The molecule has 19 heavy (non-hydrogen) atoms. The molecule has 0 spiro atoms. The van der Waals surface area contributed by atoms with Gasteiger partial charge in [-0.25, -0.2) is 0 Å². The third-order valence-electron chi connectivity index (χ3n) is 4.90. The number of nitrogens with zero attached hydrogens (tertiary/aromatic N) is 1. The van der Waals surface area contributed by atoms with Crippen molar-refractivity contribution >= 4 is 0 Å². The summed E-state index contributed by atoms with van der Waals surface area (Å²) < 4.78 is 0. The molecule has 3 rings (SSSR count). The molecule has 2 aliphatic rings. The lowest BCUT2D eigenvalue weighted by Gasteiger charge is -2.35. The molecule has 1 fully saturated rings. The molecule has 1 N–H and O–H groups in total. The summed E-state index contributed by atoms with van der Waals surface area (Å²) in [6.45, 7) is 4.83. The van der Waals surface area contributed by atoms with Crippen molar-refractivity contribution < 1.29 is 5.11 Å². The van der Waals surface area contributed by atoms with E-state index in [0.29, 0.717) is 11.8 Å². The summed E-state index contributed by atoms with van der Waals surface area (Å²) in [6.07, 6.45) is 7.74. The van der Waals surface area contributed by atoms with Crippen LogP contribution in [0.2, 0.25) is 0 Å². The molecule has 0 bridgehead atoms. The SMILES string of the molecule is CC1CCCN(C2CCCc3ccc(O)cc32)CC1. The highest BCUT2D eigenvalue weighted by atomic mass is 16.3. The topological polar surface area (TPSA) is 23.5 Å². The molecule has 104 valence electrons. The van der Waals surface area contributed by atoms with E-state index < -0.39 is 0 Å². The molecule has 1 aliphatic heterocycles. The number of aryl methyl sites for hydroxylation is 1. The molecule has 2 atom stereocenters. The van der Waals surface area contributed by atoms with E-state index in [1.807, 2.05) is 12.1 Å². The van der Waals surface area contributed by atoms with Crippen molar-refractivity contribution in [1.82, 2.24) is 4.90 Å². The van der Waals surface area contributed by atoms with Crippen LogP contribution in [0.4, 0.5) is 0 Å². The Hall–Kier alpha value is -1.02. The second-order valence-corrected chi connectivity index (χ2v) is 6.36. The van der Waals surface area contributed by atoms with E-state index in [-0.39, 0.29) is 0 Å². The molecule has 0 radical (unpaired) electrons. The van der Waals surface area contributed by atoms with E-state index >= 15 is 0 Å². The second kappa shape index (κ2) is 5.54. The standard InChI is InChI=1S/C17H25NO/c1-13-4-3-10-18(11-9-13)17-6-2-5-14-7-8-15(19)12-16(14)17/h7-8,12-13,17,19H,2-6,9-11H2,1H3. The first kappa shape index (κ1) is 13.0. The van der Waals surface area contributed by atoms with Crippen LogP contribution in [0.15, 0.2) is 18.2 Å². The van der Waals surface area contributed by atoms with Gasteiger partial charge in [0.2, 0.25) is 0 Å². The van der Waals surface area contributed by atoms with Gasteiger partial charge in [-0.3, -0.25) is 4.90 Å². The first-order chi connectivity index (χ1) is 9.24. The average molecular weight is 259 g/mol. The van der Waals surface area contributed by atoms with Gasteiger partial charge in [-0.2, -0.15) is 0 Å². The van der Waals surface area contributed by atoms with Gasteiger partial charge in [-0.15, -0.1) is 0 Å². The Morgan fingerprint density at radius 3 is 2.89 bits per heavy atom. The number of phenols is 1. The van der Waals surface area contributed by atoms with Gasteiger partial charge in [0.25, 0.3) is 0 Å². The molecule has 2 nitrogen and oxygen atoms in total. The molecule has 1 saturated heterocycles. The zero-order valence-corrected chi connectivity index (χ0v) is 11.9. The lowest BCUT2D eigenvalue weighted by molar-refractivity contribution is 0.183. The summed E-state index contributed by atoms with van der Waals surface area (Å²) in [4.78, 5) is 2.67. The van der Waals surface area contributed by atoms with Gasteiger partial charge in [-0.1, -0.05) is 13.0 Å². The van der Waals surface area contributed by atoms with Crippen LogP contribution in [-0.2, 0) is 6.42 Å². The Bertz CT molecular complexity index is 443. The van der Waals surface area contributed by atoms with E-state index in [9.17, 15) is 5.11 Å². The van der Waals surface area contributed by atoms with Crippen LogP contribution in [0.5, 0.6) is 5.75 Å². The first-order valence-corrected chi connectivity index (χ1v) is 7.80. The van der Waals surface area contributed by atoms with Crippen molar-refractivity contribution in [2.75, 3.05) is 13.1 Å². The summed E-state index contributed by atoms with van der Waals surface area (Å²) in [7, 11) is 0. The van der Waals surface area contributed by atoms with E-state index in [0.717, 1.165) is 5.92 Å². The zero-order chi connectivity index (χ0) is 13.2. The fourth-order valence-electron chi connectivity index (χ4n) is 3.74. The van der Waals surface area contributed by atoms with E-state index in [1.54, 1.807) is 0 Å². The first-order valence-electron chi connectivity index (χ1n) is 7.80. The average Bonchev–Trinajstić information content (AvgIpc) is 2.63. The Labute approximate surface area is 116 Å². The van der Waals surface area contributed by atoms with Gasteiger partial charge in [0.1, 0.15) is 5.75 Å². The lowest BCUT2D eigenvalue weighted by atomic mass is 9.86. The molecular weight excluding hydrogens is 234 g/mol. The van der Waals surface area contributed by atoms with E-state index in [2.05, 4.69) is 17.9 Å². The van der Waals surface area contributed by atoms with Gasteiger partial charge in [0.15, 0.2) is 0 Å². The number of likely N-dealkylation sites (tertiary alicyclic amines) is 1. The molecular formula is C17H25NO. The number of fused-ring (bicyclic) bond motifs is 1. The number of aromatic hydroxyl groups is 1. The fraction of sp³-hybridized carbons (Fsp3) is 0.647. The number of benzene rings is 1. The van der Waals surface area contributed by atoms with Crippen LogP contribution in [0.25, 0.3) is 0 Å². The molecule has 1 heterocycles. The molecule has 1 aromatic rings. The predicted octanol–water partition coefficient (Wildman–Crippen LogP) is 3.89. The van der Waals surface area contributed by atoms with Crippen LogP contribution >= 0.6 is 0 Å². The van der Waals surface area contributed by atoms with Crippen LogP contribution in [-0.4, -0.2) is 23.1 Å². The highest BCUT2D eigenvalue weighted by Crippen LogP contribution is 2.37. The molecule has 1 aromatic carbocycles. The smallest absolute Gasteiger partial charge is 0.115 e. The minimum Gasteiger partial charge on any atom is -0.508 e. The predicted molar refractivity (Wildman–Crippen MR) is 78.4 cm³/mol. The number of phenolic OH excluding ortho intramolecular Hbond substituents is 1. The minimum atomic E-state index is 0.425.